The van der Waals surface area contributed by atoms with Crippen LogP contribution in [0.25, 0.3) is 28.7 Å². The number of fused-ring (bicyclic) bond motifs is 1. The lowest BCUT2D eigenvalue weighted by Crippen LogP contribution is -2.62. The number of methoxy groups -OCH3 is 2. The topological polar surface area (TPSA) is 298 Å². The van der Waals surface area contributed by atoms with E-state index in [1.165, 1.54) is 63.6 Å². The van der Waals surface area contributed by atoms with Crippen LogP contribution in [0.5, 0.6) is 40.2 Å². The summed E-state index contributed by atoms with van der Waals surface area (Å²) in [5.74, 6) is -2.73. The molecule has 19 nitrogen and oxygen atoms in total. The largest absolute Gasteiger partial charge is 0.510 e. The predicted molar refractivity (Wildman–Crippen MR) is 194 cm³/mol. The minimum absolute atomic E-state index is 0.00907. The van der Waals surface area contributed by atoms with Gasteiger partial charge in [-0.2, -0.15) is 0 Å². The van der Waals surface area contributed by atoms with Gasteiger partial charge >= 0.3 is 5.97 Å². The van der Waals surface area contributed by atoms with Crippen molar-refractivity contribution in [2.24, 2.45) is 0 Å². The summed E-state index contributed by atoms with van der Waals surface area (Å²) in [5, 5.41) is 94.5. The number of esters is 1. The van der Waals surface area contributed by atoms with Crippen molar-refractivity contribution in [3.63, 3.8) is 0 Å². The molecular formula is C38H41O19+. The number of aliphatic hydroxyl groups excluding tert-OH is 5. The van der Waals surface area contributed by atoms with Crippen molar-refractivity contribution in [2.45, 2.75) is 68.3 Å². The van der Waals surface area contributed by atoms with Crippen LogP contribution in [-0.4, -0.2) is 139 Å². The van der Waals surface area contributed by atoms with E-state index in [0.29, 0.717) is 5.56 Å². The molecule has 3 aliphatic heterocycles. The summed E-state index contributed by atoms with van der Waals surface area (Å²) < 4.78 is 45.1. The Labute approximate surface area is 322 Å². The number of phenolic OH excluding ortho intramolecular Hbond substituents is 4. The monoisotopic (exact) mass is 801 g/mol. The van der Waals surface area contributed by atoms with Crippen LogP contribution in [0.4, 0.5) is 0 Å². The third-order valence-electron chi connectivity index (χ3n) is 9.33. The molecule has 0 saturated carbocycles. The lowest BCUT2D eigenvalue weighted by atomic mass is 9.98. The third-order valence-corrected chi connectivity index (χ3v) is 9.33. The van der Waals surface area contributed by atoms with Crippen LogP contribution in [0.2, 0.25) is 0 Å². The highest BCUT2D eigenvalue weighted by molar-refractivity contribution is 5.88. The summed E-state index contributed by atoms with van der Waals surface area (Å²) in [7, 11) is 2.58. The second-order valence-electron chi connectivity index (χ2n) is 13.2. The maximum absolute atomic E-state index is 12.2. The molecule has 6 rings (SSSR count). The van der Waals surface area contributed by atoms with Crippen molar-refractivity contribution >= 4 is 12.0 Å². The number of carbonyl (C=O) groups excluding carboxylic acids is 1. The van der Waals surface area contributed by atoms with Crippen LogP contribution in [0, 0.1) is 0 Å². The zero-order valence-corrected chi connectivity index (χ0v) is 30.4. The Kier molecular flexibility index (Phi) is 12.1. The molecule has 10 N–H and O–H groups in total. The quantitative estimate of drug-likeness (QED) is 0.0432. The van der Waals surface area contributed by atoms with Gasteiger partial charge in [0, 0.05) is 17.7 Å². The molecular weight excluding hydrogens is 760 g/mol. The number of phenols is 4. The van der Waals surface area contributed by atoms with Gasteiger partial charge in [0.1, 0.15) is 48.1 Å². The van der Waals surface area contributed by atoms with E-state index in [9.17, 15) is 55.5 Å². The van der Waals surface area contributed by atoms with E-state index < -0.39 is 85.2 Å². The van der Waals surface area contributed by atoms with Gasteiger partial charge < -0.3 is 88.3 Å². The van der Waals surface area contributed by atoms with Gasteiger partial charge in [-0.15, -0.1) is 0 Å². The average Bonchev–Trinajstić information content (AvgIpc) is 3.18. The van der Waals surface area contributed by atoms with E-state index >= 15 is 0 Å². The number of aliphatic hydroxyl groups is 5. The summed E-state index contributed by atoms with van der Waals surface area (Å²) in [6.45, 7) is 0.855. The maximum atomic E-state index is 12.2. The Balaban J connectivity index is 1.18. The first-order valence-corrected chi connectivity index (χ1v) is 17.3. The zero-order chi connectivity index (χ0) is 41.3. The highest BCUT2D eigenvalue weighted by Crippen LogP contribution is 2.46. The van der Waals surface area contributed by atoms with Gasteiger partial charge in [-0.1, -0.05) is 6.07 Å². The van der Waals surface area contributed by atoms with E-state index in [1.54, 1.807) is 0 Å². The molecule has 0 radical (unpaired) electrons. The summed E-state index contributed by atoms with van der Waals surface area (Å²) in [6.07, 6.45) is -13.7. The standard InChI is InChI=1S/C38H40O19/c1-15-35(57-28(43)7-5-16-4-6-20(40)22(42)8-16)32(47)34(49)37(53-15)52-14-27-30(45)31(46)33(48)38(56-27)55-26-13-19-21(41)11-18(39)12-23(19)54-36(26)17-9-24(50-2)29(44)25(10-17)51-3/h4-13,15,27,30-35,37-38,40-42,44-49H,14H2,1-3H3/p+1/t15-,27+,30-,31+,32-,33+,34-,35-,37+,38+/m0/s1. The van der Waals surface area contributed by atoms with Crippen LogP contribution in [0.3, 0.4) is 0 Å². The van der Waals surface area contributed by atoms with Crippen LogP contribution in [0.1, 0.15) is 12.5 Å². The van der Waals surface area contributed by atoms with Crippen molar-refractivity contribution in [1.29, 1.82) is 0 Å². The lowest BCUT2D eigenvalue weighted by Gasteiger charge is -2.42. The summed E-state index contributed by atoms with van der Waals surface area (Å²) >= 11 is 0. The smallest absolute Gasteiger partial charge is 0.507 e. The minimum Gasteiger partial charge on any atom is -0.507 e. The molecule has 2 saturated heterocycles. The molecule has 0 aromatic heterocycles. The highest BCUT2D eigenvalue weighted by Gasteiger charge is 2.50. The zero-order valence-electron chi connectivity index (χ0n) is 30.4. The van der Waals surface area contributed by atoms with Crippen LogP contribution < -0.4 is 19.6 Å². The van der Waals surface area contributed by atoms with Gasteiger partial charge in [-0.05, 0) is 48.9 Å². The maximum Gasteiger partial charge on any atom is 0.510 e. The van der Waals surface area contributed by atoms with Crippen molar-refractivity contribution in [3.05, 3.63) is 70.4 Å². The van der Waals surface area contributed by atoms with Gasteiger partial charge in [-0.25, -0.2) is 0 Å². The summed E-state index contributed by atoms with van der Waals surface area (Å²) in [5.41, 5.74) is -0.0115. The average molecular weight is 802 g/mol. The minimum atomic E-state index is -1.89. The molecule has 0 bridgehead atoms. The van der Waals surface area contributed by atoms with Gasteiger partial charge in [-0.3, -0.25) is 4.79 Å². The fraction of sp³-hybridized carbons (Fsp3) is 0.368. The number of benzene rings is 3. The number of aromatic hydroxyl groups is 4. The van der Waals surface area contributed by atoms with E-state index in [2.05, 4.69) is 0 Å². The van der Waals surface area contributed by atoms with Gasteiger partial charge in [0.15, 0.2) is 52.3 Å². The second-order valence-corrected chi connectivity index (χ2v) is 13.2. The molecule has 10 atom stereocenters. The fourth-order valence-corrected chi connectivity index (χ4v) is 6.25. The molecule has 0 unspecified atom stereocenters. The first kappa shape index (κ1) is 41.0. The van der Waals surface area contributed by atoms with Crippen LogP contribution >= 0.6 is 0 Å². The molecule has 2 aromatic rings. The predicted octanol–water partition coefficient (Wildman–Crippen LogP) is 0.522. The normalized spacial score (nSPS) is 27.6. The van der Waals surface area contributed by atoms with E-state index in [4.69, 9.17) is 37.6 Å². The van der Waals surface area contributed by atoms with Crippen molar-refractivity contribution in [2.75, 3.05) is 20.8 Å². The Hall–Kier alpha value is -5.64. The molecule has 19 heteroatoms. The molecule has 306 valence electrons. The summed E-state index contributed by atoms with van der Waals surface area (Å²) in [4.78, 5) is 22.5. The molecule has 57 heavy (non-hydrogen) atoms. The molecule has 2 fully saturated rings. The number of hydrogen-bond acceptors (Lipinski definition) is 18. The molecule has 3 heterocycles. The molecule has 0 spiro atoms. The Morgan fingerprint density at radius 2 is 1.46 bits per heavy atom. The van der Waals surface area contributed by atoms with Gasteiger partial charge in [0.05, 0.1) is 32.5 Å². The van der Waals surface area contributed by atoms with E-state index in [1.807, 2.05) is 0 Å². The first-order valence-electron chi connectivity index (χ1n) is 17.3. The Bertz CT molecular complexity index is 2110. The molecule has 1 aliphatic carbocycles. The lowest BCUT2D eigenvalue weighted by molar-refractivity contribution is -0.317. The summed E-state index contributed by atoms with van der Waals surface area (Å²) in [6, 6.07) is 9.93. The van der Waals surface area contributed by atoms with Crippen molar-refractivity contribution in [3.8, 4) is 62.9 Å². The van der Waals surface area contributed by atoms with Crippen molar-refractivity contribution < 1.29 is 88.3 Å². The highest BCUT2D eigenvalue weighted by atomic mass is 16.7. The van der Waals surface area contributed by atoms with E-state index in [-0.39, 0.29) is 57.1 Å². The molecule has 4 aliphatic rings. The van der Waals surface area contributed by atoms with Gasteiger partial charge in [0.2, 0.25) is 18.1 Å². The van der Waals surface area contributed by atoms with Gasteiger partial charge in [0.25, 0.3) is 0 Å². The second kappa shape index (κ2) is 16.8. The SMILES string of the molecule is COc1cc(-c2oc3cc(=O)cc(O)c-3cc2O[C@@H]2O[C@H](CO[C@@H]3O[C@@H](C)[C@H](OC(=[OH+])C=Cc4ccc(O)c(O)c4)[C@@H](O)[C@@H]3O)[C@H](O)[C@@H](O)[C@H]2O)cc(OC)c1O. The number of ether oxygens (including phenoxy) is 7. The Morgan fingerprint density at radius 1 is 0.772 bits per heavy atom. The third kappa shape index (κ3) is 8.55. The fourth-order valence-electron chi connectivity index (χ4n) is 6.25. The number of rotatable bonds is 11. The Morgan fingerprint density at radius 3 is 2.12 bits per heavy atom. The van der Waals surface area contributed by atoms with Crippen LogP contribution in [-0.2, 0) is 18.9 Å². The molecule has 2 aromatic carbocycles. The molecule has 0 amide bonds. The van der Waals surface area contributed by atoms with E-state index in [0.717, 1.165) is 18.2 Å². The first-order chi connectivity index (χ1) is 27.1. The van der Waals surface area contributed by atoms with Crippen LogP contribution in [0.15, 0.2) is 63.8 Å². The number of hydrogen-bond donors (Lipinski definition) is 9. The van der Waals surface area contributed by atoms with Crippen molar-refractivity contribution in [1.82, 2.24) is 0 Å².